The first-order valence-corrected chi connectivity index (χ1v) is 7.23. The molecule has 0 fully saturated rings. The smallest absolute Gasteiger partial charge is 0.248 e. The molecule has 0 spiro atoms. The highest BCUT2D eigenvalue weighted by Gasteiger charge is 2.09. The van der Waals surface area contributed by atoms with Gasteiger partial charge < -0.3 is 10.1 Å². The maximum absolute atomic E-state index is 11.8. The topological polar surface area (TPSA) is 94.8 Å². The van der Waals surface area contributed by atoms with Crippen LogP contribution in [-0.4, -0.2) is 38.2 Å². The van der Waals surface area contributed by atoms with E-state index in [-0.39, 0.29) is 12.5 Å². The lowest BCUT2D eigenvalue weighted by molar-refractivity contribution is -0.116. The van der Waals surface area contributed by atoms with Gasteiger partial charge in [-0.3, -0.25) is 4.79 Å². The first kappa shape index (κ1) is 14.1. The van der Waals surface area contributed by atoms with Crippen LogP contribution in [0.5, 0.6) is 5.75 Å². The number of hydrogen-bond donors (Lipinski definition) is 1. The predicted octanol–water partition coefficient (Wildman–Crippen LogP) is 1.44. The number of tetrazole rings is 1. The molecule has 0 atom stereocenters. The molecule has 112 valence electrons. The molecule has 1 amide bonds. The molecule has 0 aliphatic carbocycles. The predicted molar refractivity (Wildman–Crippen MR) is 80.5 cm³/mol. The average Bonchev–Trinajstić information content (AvgIpc) is 3.19. The fourth-order valence-corrected chi connectivity index (χ4v) is 2.52. The van der Waals surface area contributed by atoms with E-state index in [1.165, 1.54) is 22.3 Å². The number of benzene rings is 1. The highest BCUT2D eigenvalue weighted by atomic mass is 32.1. The van der Waals surface area contributed by atoms with Crippen LogP contribution in [-0.2, 0) is 11.3 Å². The van der Waals surface area contributed by atoms with Crippen molar-refractivity contribution in [3.63, 3.8) is 0 Å². The first-order chi connectivity index (χ1) is 10.7. The molecule has 22 heavy (non-hydrogen) atoms. The number of carbonyl (C=O) groups excluding carboxylic acids is 1. The third-order valence-corrected chi connectivity index (χ3v) is 3.59. The molecule has 3 aromatic rings. The Hall–Kier alpha value is -2.81. The lowest BCUT2D eigenvalue weighted by atomic mass is 10.2. The number of ether oxygens (including phenoxy) is 1. The van der Waals surface area contributed by atoms with E-state index in [1.54, 1.807) is 7.11 Å². The molecule has 9 heteroatoms. The third kappa shape index (κ3) is 3.26. The van der Waals surface area contributed by atoms with Crippen molar-refractivity contribution in [1.82, 2.24) is 25.2 Å². The van der Waals surface area contributed by atoms with E-state index >= 15 is 0 Å². The van der Waals surface area contributed by atoms with Crippen molar-refractivity contribution in [2.24, 2.45) is 0 Å². The minimum absolute atomic E-state index is 0.0461. The van der Waals surface area contributed by atoms with Gasteiger partial charge in [0, 0.05) is 10.9 Å². The number of nitrogens with one attached hydrogen (secondary N) is 1. The van der Waals surface area contributed by atoms with Crippen molar-refractivity contribution in [1.29, 1.82) is 0 Å². The number of anilines is 1. The number of amides is 1. The second-order valence-electron chi connectivity index (χ2n) is 4.32. The van der Waals surface area contributed by atoms with Crippen LogP contribution >= 0.6 is 11.3 Å². The average molecular weight is 316 g/mol. The van der Waals surface area contributed by atoms with E-state index in [0.717, 1.165) is 17.0 Å². The Kier molecular flexibility index (Phi) is 4.05. The molecule has 0 aliphatic rings. The van der Waals surface area contributed by atoms with Gasteiger partial charge in [0.25, 0.3) is 0 Å². The van der Waals surface area contributed by atoms with Gasteiger partial charge in [-0.25, -0.2) is 9.67 Å². The van der Waals surface area contributed by atoms with E-state index in [4.69, 9.17) is 4.74 Å². The van der Waals surface area contributed by atoms with Gasteiger partial charge >= 0.3 is 0 Å². The monoisotopic (exact) mass is 316 g/mol. The Morgan fingerprint density at radius 3 is 2.86 bits per heavy atom. The summed E-state index contributed by atoms with van der Waals surface area (Å²) in [4.78, 5) is 16.2. The fourth-order valence-electron chi connectivity index (χ4n) is 1.78. The highest BCUT2D eigenvalue weighted by Crippen LogP contribution is 2.26. The van der Waals surface area contributed by atoms with Gasteiger partial charge in [-0.05, 0) is 34.7 Å². The van der Waals surface area contributed by atoms with Crippen LogP contribution in [0.4, 0.5) is 5.13 Å². The zero-order chi connectivity index (χ0) is 15.4. The summed E-state index contributed by atoms with van der Waals surface area (Å²) in [5, 5.41) is 15.7. The number of thiazole rings is 1. The van der Waals surface area contributed by atoms with E-state index < -0.39 is 0 Å². The quantitative estimate of drug-likeness (QED) is 0.765. The molecule has 1 N–H and O–H groups in total. The van der Waals surface area contributed by atoms with E-state index in [9.17, 15) is 4.79 Å². The van der Waals surface area contributed by atoms with Crippen LogP contribution in [0.1, 0.15) is 0 Å². The molecule has 8 nitrogen and oxygen atoms in total. The number of carbonyl (C=O) groups is 1. The highest BCUT2D eigenvalue weighted by molar-refractivity contribution is 7.14. The van der Waals surface area contributed by atoms with Gasteiger partial charge in [0.2, 0.25) is 5.91 Å². The largest absolute Gasteiger partial charge is 0.497 e. The van der Waals surface area contributed by atoms with Crippen molar-refractivity contribution in [2.45, 2.75) is 6.54 Å². The summed E-state index contributed by atoms with van der Waals surface area (Å²) in [6.45, 7) is 0.0461. The molecule has 1 aromatic carbocycles. The SMILES string of the molecule is COc1ccc(-c2csc(NC(=O)Cn3cnnn3)n2)cc1. The van der Waals surface area contributed by atoms with Crippen LogP contribution in [0.15, 0.2) is 36.0 Å². The summed E-state index contributed by atoms with van der Waals surface area (Å²) >= 11 is 1.36. The van der Waals surface area contributed by atoms with Crippen molar-refractivity contribution >= 4 is 22.4 Å². The van der Waals surface area contributed by atoms with Gasteiger partial charge in [0.05, 0.1) is 12.8 Å². The van der Waals surface area contributed by atoms with Gasteiger partial charge in [-0.1, -0.05) is 0 Å². The Morgan fingerprint density at radius 2 is 2.18 bits per heavy atom. The maximum Gasteiger partial charge on any atom is 0.248 e. The summed E-state index contributed by atoms with van der Waals surface area (Å²) in [5.41, 5.74) is 1.75. The normalized spacial score (nSPS) is 10.4. The molecule has 2 aromatic heterocycles. The van der Waals surface area contributed by atoms with E-state index in [0.29, 0.717) is 5.13 Å². The Labute approximate surface area is 129 Å². The number of rotatable bonds is 5. The third-order valence-electron chi connectivity index (χ3n) is 2.83. The van der Waals surface area contributed by atoms with Gasteiger partial charge in [0.1, 0.15) is 18.6 Å². The number of nitrogens with zero attached hydrogens (tertiary/aromatic N) is 5. The molecule has 0 saturated carbocycles. The van der Waals surface area contributed by atoms with Crippen molar-refractivity contribution in [2.75, 3.05) is 12.4 Å². The summed E-state index contributed by atoms with van der Waals surface area (Å²) in [6, 6.07) is 7.57. The molecule has 2 heterocycles. The molecule has 0 radical (unpaired) electrons. The fraction of sp³-hybridized carbons (Fsp3) is 0.154. The lowest BCUT2D eigenvalue weighted by Gasteiger charge is -2.01. The molecule has 0 saturated heterocycles. The Balaban J connectivity index is 1.66. The molecular formula is C13H12N6O2S. The van der Waals surface area contributed by atoms with Crippen LogP contribution in [0.25, 0.3) is 11.3 Å². The van der Waals surface area contributed by atoms with E-state index in [1.807, 2.05) is 29.6 Å². The summed E-state index contributed by atoms with van der Waals surface area (Å²) in [7, 11) is 1.62. The molecule has 0 aliphatic heterocycles. The minimum Gasteiger partial charge on any atom is -0.497 e. The summed E-state index contributed by atoms with van der Waals surface area (Å²) in [6.07, 6.45) is 1.38. The standard InChI is InChI=1S/C13H12N6O2S/c1-21-10-4-2-9(3-5-10)11-7-22-13(15-11)16-12(20)6-19-8-14-17-18-19/h2-5,7-8H,6H2,1H3,(H,15,16,20). The maximum atomic E-state index is 11.8. The molecular weight excluding hydrogens is 304 g/mol. The van der Waals surface area contributed by atoms with Crippen LogP contribution in [0, 0.1) is 0 Å². The van der Waals surface area contributed by atoms with Crippen molar-refractivity contribution < 1.29 is 9.53 Å². The minimum atomic E-state index is -0.233. The Morgan fingerprint density at radius 1 is 1.36 bits per heavy atom. The van der Waals surface area contributed by atoms with Gasteiger partial charge in [0.15, 0.2) is 5.13 Å². The van der Waals surface area contributed by atoms with Crippen LogP contribution < -0.4 is 10.1 Å². The lowest BCUT2D eigenvalue weighted by Crippen LogP contribution is -2.19. The Bertz CT molecular complexity index is 753. The first-order valence-electron chi connectivity index (χ1n) is 6.35. The summed E-state index contributed by atoms with van der Waals surface area (Å²) < 4.78 is 6.46. The molecule has 0 unspecified atom stereocenters. The number of methoxy groups -OCH3 is 1. The van der Waals surface area contributed by atoms with Gasteiger partial charge in [-0.2, -0.15) is 0 Å². The number of hydrogen-bond acceptors (Lipinski definition) is 7. The molecule has 3 rings (SSSR count). The van der Waals surface area contributed by atoms with Crippen molar-refractivity contribution in [3.05, 3.63) is 36.0 Å². The summed E-state index contributed by atoms with van der Waals surface area (Å²) in [5.74, 6) is 0.553. The van der Waals surface area contributed by atoms with E-state index in [2.05, 4.69) is 25.8 Å². The molecule has 0 bridgehead atoms. The van der Waals surface area contributed by atoms with Gasteiger partial charge in [-0.15, -0.1) is 16.4 Å². The number of aromatic nitrogens is 5. The second kappa shape index (κ2) is 6.31. The zero-order valence-corrected chi connectivity index (χ0v) is 12.4. The van der Waals surface area contributed by atoms with Crippen LogP contribution in [0.3, 0.4) is 0 Å². The van der Waals surface area contributed by atoms with Crippen molar-refractivity contribution in [3.8, 4) is 17.0 Å². The van der Waals surface area contributed by atoms with Crippen LogP contribution in [0.2, 0.25) is 0 Å². The second-order valence-corrected chi connectivity index (χ2v) is 5.18. The zero-order valence-electron chi connectivity index (χ0n) is 11.6.